The first kappa shape index (κ1) is 18.3. The van der Waals surface area contributed by atoms with E-state index in [0.717, 1.165) is 7.37 Å². The van der Waals surface area contributed by atoms with E-state index in [1.54, 1.807) is 13.8 Å². The minimum Gasteiger partial charge on any atom is -0.452 e. The smallest absolute Gasteiger partial charge is 0.230 e. The van der Waals surface area contributed by atoms with Crippen LogP contribution < -0.4 is 0 Å². The maximum absolute atomic E-state index is 8.69. The van der Waals surface area contributed by atoms with Crippen molar-refractivity contribution in [3.8, 4) is 0 Å². The van der Waals surface area contributed by atoms with Crippen molar-refractivity contribution in [2.24, 2.45) is 10.8 Å². The van der Waals surface area contributed by atoms with Crippen LogP contribution in [0.25, 0.3) is 0 Å². The second-order valence-electron chi connectivity index (χ2n) is 5.25. The Morgan fingerprint density at radius 1 is 0.938 bits per heavy atom. The van der Waals surface area contributed by atoms with E-state index in [2.05, 4.69) is 0 Å². The summed E-state index contributed by atoms with van der Waals surface area (Å²) in [5.74, 6) is 0. The van der Waals surface area contributed by atoms with Gasteiger partial charge in [0.1, 0.15) is 0 Å². The molecule has 0 unspecified atom stereocenters. The van der Waals surface area contributed by atoms with Gasteiger partial charge in [-0.05, 0) is 0 Å². The zero-order valence-corrected chi connectivity index (χ0v) is 10.7. The number of hydrogen-bond donors (Lipinski definition) is 3. The number of aliphatic hydroxyl groups is 3. The van der Waals surface area contributed by atoms with Crippen molar-refractivity contribution >= 4 is 15.1 Å². The van der Waals surface area contributed by atoms with E-state index in [1.807, 2.05) is 13.8 Å². The van der Waals surface area contributed by atoms with E-state index < -0.39 is 0 Å². The Hall–Kier alpha value is -0.0301. The van der Waals surface area contributed by atoms with Crippen LogP contribution in [-0.2, 0) is 4.65 Å². The van der Waals surface area contributed by atoms with Gasteiger partial charge in [0.2, 0.25) is 7.37 Å². The lowest BCUT2D eigenvalue weighted by Crippen LogP contribution is -2.24. The highest BCUT2D eigenvalue weighted by Gasteiger charge is 2.15. The van der Waals surface area contributed by atoms with Gasteiger partial charge in [-0.25, -0.2) is 0 Å². The molecule has 0 aromatic carbocycles. The Balaban J connectivity index is 0. The van der Waals surface area contributed by atoms with Gasteiger partial charge in [0.05, 0.1) is 27.6 Å². The van der Waals surface area contributed by atoms with Crippen LogP contribution in [0.3, 0.4) is 0 Å². The summed E-state index contributed by atoms with van der Waals surface area (Å²) in [4.78, 5) is 0. The Kier molecular flexibility index (Phi) is 10.4. The molecule has 0 fully saturated rings. The van der Waals surface area contributed by atoms with Crippen LogP contribution >= 0.6 is 0 Å². The summed E-state index contributed by atoms with van der Waals surface area (Å²) < 4.78 is 4.78. The molecule has 6 heteroatoms. The highest BCUT2D eigenvalue weighted by molar-refractivity contribution is 6.85. The number of aliphatic hydroxyl groups excluding tert-OH is 3. The molecule has 0 bridgehead atoms. The molecule has 0 atom stereocenters. The van der Waals surface area contributed by atoms with E-state index in [-0.39, 0.29) is 30.7 Å². The van der Waals surface area contributed by atoms with Crippen molar-refractivity contribution in [1.82, 2.24) is 0 Å². The van der Waals surface area contributed by atoms with Crippen LogP contribution in [0, 0.1) is 10.8 Å². The minimum atomic E-state index is -0.306. The molecule has 0 saturated carbocycles. The van der Waals surface area contributed by atoms with Crippen LogP contribution in [0.5, 0.6) is 0 Å². The van der Waals surface area contributed by atoms with Crippen LogP contribution in [0.1, 0.15) is 27.7 Å². The monoisotopic (exact) mass is 229 g/mol. The van der Waals surface area contributed by atoms with Crippen molar-refractivity contribution in [2.75, 3.05) is 26.4 Å². The predicted molar refractivity (Wildman–Crippen MR) is 66.3 cm³/mol. The minimum absolute atomic E-state index is 0.0451. The molecular formula is C10H23B2O4. The third-order valence-electron chi connectivity index (χ3n) is 1.85. The first-order valence-electron chi connectivity index (χ1n) is 5.22. The average molecular weight is 229 g/mol. The molecule has 0 aromatic heterocycles. The highest BCUT2D eigenvalue weighted by Crippen LogP contribution is 2.12. The van der Waals surface area contributed by atoms with Gasteiger partial charge in [-0.2, -0.15) is 0 Å². The maximum Gasteiger partial charge on any atom is 0.230 e. The van der Waals surface area contributed by atoms with Crippen molar-refractivity contribution < 1.29 is 20.0 Å². The Morgan fingerprint density at radius 3 is 1.50 bits per heavy atom. The standard InChI is InChI=1S/C5H11B2O2.C5H12O2/c1-5(2,3-8)4-9-7-6;1-5(2,3-6)4-7/h8H,3-4H2,1-2H3;6-7H,3-4H2,1-2H3. The number of rotatable bonds is 6. The van der Waals surface area contributed by atoms with E-state index >= 15 is 0 Å². The summed E-state index contributed by atoms with van der Waals surface area (Å²) in [7, 11) is 6.10. The molecule has 3 N–H and O–H groups in total. The molecular weight excluding hydrogens is 206 g/mol. The largest absolute Gasteiger partial charge is 0.452 e. The van der Waals surface area contributed by atoms with Gasteiger partial charge in [-0.15, -0.1) is 0 Å². The second-order valence-corrected chi connectivity index (χ2v) is 5.25. The van der Waals surface area contributed by atoms with Crippen molar-refractivity contribution in [3.63, 3.8) is 0 Å². The van der Waals surface area contributed by atoms with Crippen molar-refractivity contribution in [3.05, 3.63) is 0 Å². The molecule has 0 aliphatic rings. The molecule has 4 nitrogen and oxygen atoms in total. The van der Waals surface area contributed by atoms with Crippen LogP contribution in [0.4, 0.5) is 0 Å². The first-order valence-corrected chi connectivity index (χ1v) is 5.22. The molecule has 93 valence electrons. The predicted octanol–water partition coefficient (Wildman–Crippen LogP) is -0.279. The lowest BCUT2D eigenvalue weighted by molar-refractivity contribution is 0.0857. The van der Waals surface area contributed by atoms with Crippen LogP contribution in [-0.4, -0.2) is 56.9 Å². The van der Waals surface area contributed by atoms with Gasteiger partial charge in [0, 0.05) is 17.4 Å². The van der Waals surface area contributed by atoms with Gasteiger partial charge in [-0.3, -0.25) is 0 Å². The fraction of sp³-hybridized carbons (Fsp3) is 1.00. The SMILES string of the molecule is CC(C)(CO)CO.[B][B]OCC(C)(C)CO. The Labute approximate surface area is 101 Å². The van der Waals surface area contributed by atoms with Gasteiger partial charge in [0.25, 0.3) is 0 Å². The molecule has 0 heterocycles. The quantitative estimate of drug-likeness (QED) is 0.548. The van der Waals surface area contributed by atoms with Crippen LogP contribution in [0.15, 0.2) is 0 Å². The topological polar surface area (TPSA) is 69.9 Å². The maximum atomic E-state index is 8.69. The van der Waals surface area contributed by atoms with Gasteiger partial charge >= 0.3 is 0 Å². The van der Waals surface area contributed by atoms with Crippen molar-refractivity contribution in [2.45, 2.75) is 27.7 Å². The second kappa shape index (κ2) is 9.05. The average Bonchev–Trinajstić information content (AvgIpc) is 2.27. The van der Waals surface area contributed by atoms with Crippen molar-refractivity contribution in [1.29, 1.82) is 0 Å². The molecule has 0 aromatic rings. The lowest BCUT2D eigenvalue weighted by Gasteiger charge is -2.20. The zero-order valence-electron chi connectivity index (χ0n) is 10.7. The normalized spacial score (nSPS) is 11.7. The Bertz CT molecular complexity index is 157. The molecule has 0 spiro atoms. The fourth-order valence-corrected chi connectivity index (χ4v) is 0.369. The molecule has 0 aliphatic heterocycles. The van der Waals surface area contributed by atoms with Gasteiger partial charge < -0.3 is 20.0 Å². The number of hydrogen-bond acceptors (Lipinski definition) is 4. The molecule has 3 radical (unpaired) electrons. The third kappa shape index (κ3) is 12.0. The van der Waals surface area contributed by atoms with E-state index in [0.29, 0.717) is 6.61 Å². The molecule has 0 amide bonds. The summed E-state index contributed by atoms with van der Waals surface area (Å²) in [6.07, 6.45) is 0. The fourth-order valence-electron chi connectivity index (χ4n) is 0.369. The summed E-state index contributed by atoms with van der Waals surface area (Å²) in [6.45, 7) is 8.06. The summed E-state index contributed by atoms with van der Waals surface area (Å²) in [5, 5.41) is 25.6. The third-order valence-corrected chi connectivity index (χ3v) is 1.85. The lowest BCUT2D eigenvalue weighted by atomic mass is 9.72. The summed E-state index contributed by atoms with van der Waals surface area (Å²) >= 11 is 0. The highest BCUT2D eigenvalue weighted by atomic mass is 16.4. The van der Waals surface area contributed by atoms with E-state index in [9.17, 15) is 0 Å². The van der Waals surface area contributed by atoms with Gasteiger partial charge in [-0.1, -0.05) is 27.7 Å². The molecule has 0 aliphatic carbocycles. The van der Waals surface area contributed by atoms with Crippen LogP contribution in [0.2, 0.25) is 0 Å². The molecule has 0 rings (SSSR count). The van der Waals surface area contributed by atoms with Gasteiger partial charge in [0.15, 0.2) is 0 Å². The van der Waals surface area contributed by atoms with E-state index in [1.165, 1.54) is 0 Å². The summed E-state index contributed by atoms with van der Waals surface area (Å²) in [6, 6.07) is 0. The zero-order chi connectivity index (χ0) is 13.2. The van der Waals surface area contributed by atoms with E-state index in [4.69, 9.17) is 27.7 Å². The summed E-state index contributed by atoms with van der Waals surface area (Å²) in [5.41, 5.74) is -0.490. The first-order chi connectivity index (χ1) is 7.24. The molecule has 16 heavy (non-hydrogen) atoms. The Morgan fingerprint density at radius 2 is 1.31 bits per heavy atom. The molecule has 0 saturated heterocycles.